The minimum Gasteiger partial charge on any atom is -0.328 e. The van der Waals surface area contributed by atoms with Crippen LogP contribution in [-0.4, -0.2) is 29.0 Å². The monoisotopic (exact) mass is 283 g/mol. The van der Waals surface area contributed by atoms with Gasteiger partial charge in [-0.2, -0.15) is 0 Å². The Hall–Kier alpha value is -1.17. The van der Waals surface area contributed by atoms with Crippen molar-refractivity contribution in [3.8, 4) is 0 Å². The van der Waals surface area contributed by atoms with E-state index in [2.05, 4.69) is 4.90 Å². The third-order valence-electron chi connectivity index (χ3n) is 3.67. The highest BCUT2D eigenvalue weighted by Crippen LogP contribution is 2.27. The average molecular weight is 284 g/mol. The molecule has 1 fully saturated rings. The second-order valence-electron chi connectivity index (χ2n) is 5.19. The Labute approximate surface area is 117 Å². The fraction of sp³-hybridized carbons (Fsp3) is 0.538. The van der Waals surface area contributed by atoms with Crippen LogP contribution in [0.15, 0.2) is 18.2 Å². The lowest BCUT2D eigenvalue weighted by atomic mass is 10.0. The number of nitrogens with two attached hydrogens (primary N) is 1. The second-order valence-corrected chi connectivity index (χ2v) is 5.59. The van der Waals surface area contributed by atoms with Crippen molar-refractivity contribution in [1.82, 2.24) is 4.90 Å². The van der Waals surface area contributed by atoms with E-state index in [1.54, 1.807) is 12.1 Å². The molecule has 0 aromatic heterocycles. The molecule has 5 nitrogen and oxygen atoms in total. The summed E-state index contributed by atoms with van der Waals surface area (Å²) in [7, 11) is 0. The van der Waals surface area contributed by atoms with Gasteiger partial charge in [-0.05, 0) is 37.4 Å². The number of rotatable bonds is 4. The van der Waals surface area contributed by atoms with Gasteiger partial charge in [0.15, 0.2) is 0 Å². The van der Waals surface area contributed by atoms with Gasteiger partial charge in [0, 0.05) is 25.2 Å². The van der Waals surface area contributed by atoms with Gasteiger partial charge in [0.05, 0.1) is 4.92 Å². The van der Waals surface area contributed by atoms with Gasteiger partial charge in [0.25, 0.3) is 5.69 Å². The molecule has 104 valence electrons. The number of halogens is 1. The summed E-state index contributed by atoms with van der Waals surface area (Å²) in [6.45, 7) is 4.80. The first kappa shape index (κ1) is 14.2. The molecule has 1 aliphatic rings. The Morgan fingerprint density at radius 1 is 1.63 bits per heavy atom. The van der Waals surface area contributed by atoms with Crippen LogP contribution in [0.3, 0.4) is 0 Å². The first-order valence-corrected chi connectivity index (χ1v) is 6.76. The molecule has 0 radical (unpaired) electrons. The van der Waals surface area contributed by atoms with E-state index in [-0.39, 0.29) is 16.8 Å². The first-order valence-electron chi connectivity index (χ1n) is 6.38. The van der Waals surface area contributed by atoms with E-state index in [9.17, 15) is 10.1 Å². The Morgan fingerprint density at radius 3 is 2.89 bits per heavy atom. The highest BCUT2D eigenvalue weighted by molar-refractivity contribution is 6.32. The van der Waals surface area contributed by atoms with Gasteiger partial charge in [-0.1, -0.05) is 17.7 Å². The minimum atomic E-state index is -0.464. The summed E-state index contributed by atoms with van der Waals surface area (Å²) in [6.07, 6.45) is 1.11. The van der Waals surface area contributed by atoms with E-state index in [0.717, 1.165) is 31.6 Å². The molecule has 0 bridgehead atoms. The number of nitrogens with zero attached hydrogens (tertiary/aromatic N) is 2. The number of nitro groups is 1. The molecule has 1 aromatic rings. The molecule has 1 aromatic carbocycles. The summed E-state index contributed by atoms with van der Waals surface area (Å²) in [4.78, 5) is 12.5. The van der Waals surface area contributed by atoms with Crippen LogP contribution in [0.25, 0.3) is 0 Å². The topological polar surface area (TPSA) is 72.4 Å². The zero-order valence-corrected chi connectivity index (χ0v) is 11.6. The molecular weight excluding hydrogens is 266 g/mol. The molecule has 0 amide bonds. The second kappa shape index (κ2) is 5.86. The standard InChI is InChI=1S/C13H18ClN3O2/c1-9(15)11-4-5-16(8-11)7-10-2-3-13(17(18)19)12(14)6-10/h2-3,6,9,11H,4-5,7-8,15H2,1H3. The molecule has 19 heavy (non-hydrogen) atoms. The summed E-state index contributed by atoms with van der Waals surface area (Å²) in [5.74, 6) is 0.536. The van der Waals surface area contributed by atoms with Gasteiger partial charge in [-0.3, -0.25) is 15.0 Å². The van der Waals surface area contributed by atoms with E-state index < -0.39 is 4.92 Å². The van der Waals surface area contributed by atoms with Crippen molar-refractivity contribution in [3.63, 3.8) is 0 Å². The summed E-state index contributed by atoms with van der Waals surface area (Å²) >= 11 is 5.91. The third kappa shape index (κ3) is 3.43. The Kier molecular flexibility index (Phi) is 4.39. The maximum Gasteiger partial charge on any atom is 0.287 e. The lowest BCUT2D eigenvalue weighted by Gasteiger charge is -2.17. The van der Waals surface area contributed by atoms with Crippen LogP contribution in [0, 0.1) is 16.0 Å². The van der Waals surface area contributed by atoms with Crippen molar-refractivity contribution in [1.29, 1.82) is 0 Å². The summed E-state index contributed by atoms with van der Waals surface area (Å²) < 4.78 is 0. The number of likely N-dealkylation sites (tertiary alicyclic amines) is 1. The lowest BCUT2D eigenvalue weighted by molar-refractivity contribution is -0.384. The van der Waals surface area contributed by atoms with E-state index in [1.807, 2.05) is 6.92 Å². The van der Waals surface area contributed by atoms with Gasteiger partial charge < -0.3 is 5.73 Å². The van der Waals surface area contributed by atoms with E-state index in [1.165, 1.54) is 6.07 Å². The maximum absolute atomic E-state index is 10.7. The minimum absolute atomic E-state index is 0.0414. The van der Waals surface area contributed by atoms with E-state index in [0.29, 0.717) is 5.92 Å². The van der Waals surface area contributed by atoms with Crippen LogP contribution < -0.4 is 5.73 Å². The Bertz CT molecular complexity index is 479. The predicted molar refractivity (Wildman–Crippen MR) is 75.1 cm³/mol. The van der Waals surface area contributed by atoms with E-state index >= 15 is 0 Å². The first-order chi connectivity index (χ1) is 8.97. The van der Waals surface area contributed by atoms with Crippen LogP contribution in [0.1, 0.15) is 18.9 Å². The number of hydrogen-bond donors (Lipinski definition) is 1. The zero-order valence-electron chi connectivity index (χ0n) is 10.9. The third-order valence-corrected chi connectivity index (χ3v) is 3.97. The fourth-order valence-electron chi connectivity index (χ4n) is 2.49. The summed E-state index contributed by atoms with van der Waals surface area (Å²) in [5.41, 5.74) is 6.87. The highest BCUT2D eigenvalue weighted by atomic mass is 35.5. The molecule has 2 rings (SSSR count). The normalized spacial score (nSPS) is 21.5. The molecule has 1 heterocycles. The van der Waals surface area contributed by atoms with Crippen molar-refractivity contribution >= 4 is 17.3 Å². The Balaban J connectivity index is 2.01. The van der Waals surface area contributed by atoms with Crippen LogP contribution in [0.2, 0.25) is 5.02 Å². The maximum atomic E-state index is 10.7. The number of hydrogen-bond acceptors (Lipinski definition) is 4. The molecule has 0 aliphatic carbocycles. The molecule has 2 N–H and O–H groups in total. The lowest BCUT2D eigenvalue weighted by Crippen LogP contribution is -2.29. The van der Waals surface area contributed by atoms with Crippen LogP contribution in [-0.2, 0) is 6.54 Å². The van der Waals surface area contributed by atoms with Crippen molar-refractivity contribution in [3.05, 3.63) is 38.9 Å². The zero-order chi connectivity index (χ0) is 14.0. The van der Waals surface area contributed by atoms with Crippen LogP contribution in [0.5, 0.6) is 0 Å². The van der Waals surface area contributed by atoms with Gasteiger partial charge in [-0.25, -0.2) is 0 Å². The molecule has 6 heteroatoms. The average Bonchev–Trinajstić information content (AvgIpc) is 2.77. The summed E-state index contributed by atoms with van der Waals surface area (Å²) in [6, 6.07) is 5.13. The van der Waals surface area contributed by atoms with Gasteiger partial charge in [0.2, 0.25) is 0 Å². The van der Waals surface area contributed by atoms with Crippen molar-refractivity contribution in [2.24, 2.45) is 11.7 Å². The van der Waals surface area contributed by atoms with Gasteiger partial charge in [0.1, 0.15) is 5.02 Å². The quantitative estimate of drug-likeness (QED) is 0.680. The van der Waals surface area contributed by atoms with Gasteiger partial charge >= 0.3 is 0 Å². The van der Waals surface area contributed by atoms with Crippen LogP contribution in [0.4, 0.5) is 5.69 Å². The molecule has 2 atom stereocenters. The number of nitro benzene ring substituents is 1. The van der Waals surface area contributed by atoms with E-state index in [4.69, 9.17) is 17.3 Å². The molecule has 1 aliphatic heterocycles. The fourth-order valence-corrected chi connectivity index (χ4v) is 2.76. The SMILES string of the molecule is CC(N)C1CCN(Cc2ccc([N+](=O)[O-])c(Cl)c2)C1. The highest BCUT2D eigenvalue weighted by Gasteiger charge is 2.25. The predicted octanol–water partition coefficient (Wildman–Crippen LogP) is 2.42. The summed E-state index contributed by atoms with van der Waals surface area (Å²) in [5, 5.41) is 10.9. The molecule has 2 unspecified atom stereocenters. The molecule has 0 saturated carbocycles. The van der Waals surface area contributed by atoms with Crippen molar-refractivity contribution < 1.29 is 4.92 Å². The molecule has 1 saturated heterocycles. The molecule has 0 spiro atoms. The van der Waals surface area contributed by atoms with Gasteiger partial charge in [-0.15, -0.1) is 0 Å². The Morgan fingerprint density at radius 2 is 2.37 bits per heavy atom. The number of benzene rings is 1. The van der Waals surface area contributed by atoms with Crippen molar-refractivity contribution in [2.45, 2.75) is 25.9 Å². The largest absolute Gasteiger partial charge is 0.328 e. The smallest absolute Gasteiger partial charge is 0.287 e. The van der Waals surface area contributed by atoms with Crippen molar-refractivity contribution in [2.75, 3.05) is 13.1 Å². The van der Waals surface area contributed by atoms with Crippen LogP contribution >= 0.6 is 11.6 Å². The molecular formula is C13H18ClN3O2.